The van der Waals surface area contributed by atoms with Gasteiger partial charge in [0.1, 0.15) is 0 Å². The zero-order valence-corrected chi connectivity index (χ0v) is 13.9. The molecule has 1 amide bonds. The highest BCUT2D eigenvalue weighted by atomic mass is 16.5. The van der Waals surface area contributed by atoms with E-state index in [4.69, 9.17) is 9.47 Å². The average molecular weight is 324 g/mol. The van der Waals surface area contributed by atoms with Crippen LogP contribution in [-0.4, -0.2) is 24.5 Å². The highest BCUT2D eigenvalue weighted by Crippen LogP contribution is 2.30. The predicted octanol–water partition coefficient (Wildman–Crippen LogP) is 3.45. The number of carbonyl (C=O) groups excluding carboxylic acids is 1. The monoisotopic (exact) mass is 324 g/mol. The second kappa shape index (κ2) is 6.66. The number of nitrogens with one attached hydrogen (secondary N) is 1. The summed E-state index contributed by atoms with van der Waals surface area (Å²) >= 11 is 0. The third kappa shape index (κ3) is 3.06. The second-order valence-corrected chi connectivity index (χ2v) is 5.57. The van der Waals surface area contributed by atoms with E-state index < -0.39 is 0 Å². The third-order valence-corrected chi connectivity index (χ3v) is 4.02. The minimum absolute atomic E-state index is 0.110. The normalized spacial score (nSPS) is 12.0. The second-order valence-electron chi connectivity index (χ2n) is 5.57. The molecule has 5 heteroatoms. The summed E-state index contributed by atoms with van der Waals surface area (Å²) in [5.74, 6) is 1.20. The summed E-state index contributed by atoms with van der Waals surface area (Å²) in [5.41, 5.74) is 2.57. The number of amides is 1. The minimum atomic E-state index is -0.152. The van der Waals surface area contributed by atoms with Gasteiger partial charge in [-0.2, -0.15) is 0 Å². The molecule has 1 atom stereocenters. The van der Waals surface area contributed by atoms with E-state index in [-0.39, 0.29) is 11.9 Å². The first-order valence-corrected chi connectivity index (χ1v) is 7.72. The summed E-state index contributed by atoms with van der Waals surface area (Å²) in [6, 6.07) is 13.2. The Morgan fingerprint density at radius 2 is 1.88 bits per heavy atom. The number of methoxy groups -OCH3 is 2. The summed E-state index contributed by atoms with van der Waals surface area (Å²) in [6.45, 7) is 1.94. The van der Waals surface area contributed by atoms with Crippen LogP contribution in [0.3, 0.4) is 0 Å². The SMILES string of the molecule is COc1ccc(C(C)NC(=O)c2cc3ccccn3c2)cc1OC. The zero-order chi connectivity index (χ0) is 17.1. The van der Waals surface area contributed by atoms with Crippen molar-refractivity contribution in [3.63, 3.8) is 0 Å². The van der Waals surface area contributed by atoms with E-state index >= 15 is 0 Å². The van der Waals surface area contributed by atoms with E-state index in [1.807, 2.05) is 66.2 Å². The number of benzene rings is 1. The van der Waals surface area contributed by atoms with Crippen LogP contribution in [0.5, 0.6) is 11.5 Å². The van der Waals surface area contributed by atoms with Gasteiger partial charge in [0.05, 0.1) is 25.8 Å². The minimum Gasteiger partial charge on any atom is -0.493 e. The molecule has 1 unspecified atom stereocenters. The van der Waals surface area contributed by atoms with Crippen molar-refractivity contribution in [1.29, 1.82) is 0 Å². The molecule has 1 aromatic carbocycles. The van der Waals surface area contributed by atoms with Crippen molar-refractivity contribution in [3.8, 4) is 11.5 Å². The largest absolute Gasteiger partial charge is 0.493 e. The van der Waals surface area contributed by atoms with Crippen molar-refractivity contribution in [1.82, 2.24) is 9.72 Å². The summed E-state index contributed by atoms with van der Waals surface area (Å²) in [7, 11) is 3.19. The molecule has 0 saturated heterocycles. The van der Waals surface area contributed by atoms with Crippen molar-refractivity contribution in [2.24, 2.45) is 0 Å². The van der Waals surface area contributed by atoms with Gasteiger partial charge >= 0.3 is 0 Å². The van der Waals surface area contributed by atoms with Crippen molar-refractivity contribution in [2.75, 3.05) is 14.2 Å². The highest BCUT2D eigenvalue weighted by molar-refractivity contribution is 5.95. The molecule has 2 heterocycles. The topological polar surface area (TPSA) is 52.0 Å². The van der Waals surface area contributed by atoms with Crippen LogP contribution in [0.25, 0.3) is 5.52 Å². The Morgan fingerprint density at radius 1 is 1.08 bits per heavy atom. The first kappa shape index (κ1) is 15.9. The molecule has 0 radical (unpaired) electrons. The number of ether oxygens (including phenoxy) is 2. The van der Waals surface area contributed by atoms with Gasteiger partial charge in [0.2, 0.25) is 0 Å². The van der Waals surface area contributed by atoms with Gasteiger partial charge in [-0.15, -0.1) is 0 Å². The third-order valence-electron chi connectivity index (χ3n) is 4.02. The number of hydrogen-bond donors (Lipinski definition) is 1. The van der Waals surface area contributed by atoms with Crippen LogP contribution in [0.1, 0.15) is 28.9 Å². The Hall–Kier alpha value is -2.95. The van der Waals surface area contributed by atoms with E-state index in [0.29, 0.717) is 17.1 Å². The Morgan fingerprint density at radius 3 is 2.58 bits per heavy atom. The standard InChI is InChI=1S/C19H20N2O3/c1-13(14-7-8-17(23-2)18(11-14)24-3)20-19(22)15-10-16-6-4-5-9-21(16)12-15/h4-13H,1-3H3,(H,20,22). The molecule has 0 aliphatic heterocycles. The van der Waals surface area contributed by atoms with Crippen LogP contribution in [0.2, 0.25) is 0 Å². The number of rotatable bonds is 5. The number of hydrogen-bond acceptors (Lipinski definition) is 3. The van der Waals surface area contributed by atoms with Gasteiger partial charge in [-0.25, -0.2) is 0 Å². The lowest BCUT2D eigenvalue weighted by Crippen LogP contribution is -2.26. The first-order chi connectivity index (χ1) is 11.6. The van der Waals surface area contributed by atoms with Gasteiger partial charge in [-0.3, -0.25) is 4.79 Å². The molecular weight excluding hydrogens is 304 g/mol. The smallest absolute Gasteiger partial charge is 0.253 e. The zero-order valence-electron chi connectivity index (χ0n) is 13.9. The van der Waals surface area contributed by atoms with Gasteiger partial charge in [-0.1, -0.05) is 12.1 Å². The lowest BCUT2D eigenvalue weighted by molar-refractivity contribution is 0.0940. The molecule has 24 heavy (non-hydrogen) atoms. The molecule has 0 aliphatic carbocycles. The van der Waals surface area contributed by atoms with E-state index in [0.717, 1.165) is 11.1 Å². The lowest BCUT2D eigenvalue weighted by Gasteiger charge is -2.16. The summed E-state index contributed by atoms with van der Waals surface area (Å²) < 4.78 is 12.5. The van der Waals surface area contributed by atoms with Gasteiger partial charge in [-0.05, 0) is 42.8 Å². The fraction of sp³-hybridized carbons (Fsp3) is 0.211. The molecule has 3 rings (SSSR count). The van der Waals surface area contributed by atoms with E-state index in [9.17, 15) is 4.79 Å². The fourth-order valence-corrected chi connectivity index (χ4v) is 2.66. The molecule has 0 fully saturated rings. The molecule has 0 bridgehead atoms. The maximum absolute atomic E-state index is 12.5. The molecular formula is C19H20N2O3. The van der Waals surface area contributed by atoms with Crippen LogP contribution in [0, 0.1) is 0 Å². The summed E-state index contributed by atoms with van der Waals surface area (Å²) in [6.07, 6.45) is 3.75. The number of fused-ring (bicyclic) bond motifs is 1. The van der Waals surface area contributed by atoms with E-state index in [2.05, 4.69) is 5.32 Å². The van der Waals surface area contributed by atoms with Crippen molar-refractivity contribution >= 4 is 11.4 Å². The number of aromatic nitrogens is 1. The van der Waals surface area contributed by atoms with Gasteiger partial charge < -0.3 is 19.2 Å². The van der Waals surface area contributed by atoms with E-state index in [1.165, 1.54) is 0 Å². The van der Waals surface area contributed by atoms with Crippen LogP contribution in [0.4, 0.5) is 0 Å². The number of pyridine rings is 1. The summed E-state index contributed by atoms with van der Waals surface area (Å²) in [5, 5.41) is 3.01. The van der Waals surface area contributed by atoms with Crippen LogP contribution < -0.4 is 14.8 Å². The van der Waals surface area contributed by atoms with Gasteiger partial charge in [0, 0.05) is 17.9 Å². The molecule has 0 aliphatic rings. The van der Waals surface area contributed by atoms with Gasteiger partial charge in [0.25, 0.3) is 5.91 Å². The van der Waals surface area contributed by atoms with Crippen molar-refractivity contribution < 1.29 is 14.3 Å². The number of carbonyl (C=O) groups is 1. The van der Waals surface area contributed by atoms with Crippen LogP contribution in [0.15, 0.2) is 54.9 Å². The molecule has 3 aromatic rings. The Bertz CT molecular complexity index is 837. The van der Waals surface area contributed by atoms with Gasteiger partial charge in [0.15, 0.2) is 11.5 Å². The van der Waals surface area contributed by atoms with E-state index in [1.54, 1.807) is 14.2 Å². The Kier molecular flexibility index (Phi) is 4.42. The summed E-state index contributed by atoms with van der Waals surface area (Å²) in [4.78, 5) is 12.5. The molecule has 5 nitrogen and oxygen atoms in total. The molecule has 0 saturated carbocycles. The maximum atomic E-state index is 12.5. The fourth-order valence-electron chi connectivity index (χ4n) is 2.66. The maximum Gasteiger partial charge on any atom is 0.253 e. The van der Waals surface area contributed by atoms with Crippen molar-refractivity contribution in [3.05, 3.63) is 66.0 Å². The number of nitrogens with zero attached hydrogens (tertiary/aromatic N) is 1. The van der Waals surface area contributed by atoms with Crippen LogP contribution in [-0.2, 0) is 0 Å². The Balaban J connectivity index is 1.78. The predicted molar refractivity (Wildman–Crippen MR) is 92.8 cm³/mol. The quantitative estimate of drug-likeness (QED) is 0.782. The molecule has 124 valence electrons. The lowest BCUT2D eigenvalue weighted by atomic mass is 10.1. The van der Waals surface area contributed by atoms with Crippen molar-refractivity contribution in [2.45, 2.75) is 13.0 Å². The molecule has 0 spiro atoms. The Labute approximate surface area is 140 Å². The highest BCUT2D eigenvalue weighted by Gasteiger charge is 2.15. The molecule has 2 aromatic heterocycles. The first-order valence-electron chi connectivity index (χ1n) is 7.72. The average Bonchev–Trinajstić information content (AvgIpc) is 3.05. The van der Waals surface area contributed by atoms with Crippen LogP contribution >= 0.6 is 0 Å². The molecule has 1 N–H and O–H groups in total.